The van der Waals surface area contributed by atoms with Crippen LogP contribution in [0.3, 0.4) is 0 Å². The summed E-state index contributed by atoms with van der Waals surface area (Å²) in [5.74, 6) is 0.881. The molecule has 0 saturated heterocycles. The van der Waals surface area contributed by atoms with Crippen molar-refractivity contribution < 1.29 is 22.7 Å². The van der Waals surface area contributed by atoms with Crippen molar-refractivity contribution in [2.24, 2.45) is 7.05 Å². The number of alkyl halides is 3. The van der Waals surface area contributed by atoms with E-state index in [1.165, 1.54) is 12.4 Å². The van der Waals surface area contributed by atoms with Crippen LogP contribution in [0, 0.1) is 0 Å². The number of ether oxygens (including phenoxy) is 1. The zero-order chi connectivity index (χ0) is 26.7. The van der Waals surface area contributed by atoms with Crippen molar-refractivity contribution in [2.45, 2.75) is 12.7 Å². The molecule has 38 heavy (non-hydrogen) atoms. The number of hydrogen-bond donors (Lipinski definition) is 2. The Morgan fingerprint density at radius 1 is 1.00 bits per heavy atom. The maximum atomic E-state index is 12.6. The molecule has 0 fully saturated rings. The number of anilines is 1. The van der Waals surface area contributed by atoms with E-state index in [-0.39, 0.29) is 6.54 Å². The lowest BCUT2D eigenvalue weighted by molar-refractivity contribution is -0.141. The summed E-state index contributed by atoms with van der Waals surface area (Å²) in [5.41, 5.74) is 2.40. The number of carbonyl (C=O) groups is 1. The molecule has 5 aromatic rings. The standard InChI is InChI=1S/C26H20F3N7O2/c1-36-11-10-21(35-36)17-3-8-20-22(12-17)32-15-33-24(20)38-19-6-4-18(5-7-19)34-25(37)31-14-16-2-9-23(30-13-16)26(27,28)29/h2-13,15H,14H2,1H3,(H2,31,34,37). The van der Waals surface area contributed by atoms with Crippen molar-refractivity contribution in [2.75, 3.05) is 5.32 Å². The average Bonchev–Trinajstić information content (AvgIpc) is 3.34. The molecule has 9 nitrogen and oxygen atoms in total. The number of rotatable bonds is 6. The number of aromatic nitrogens is 5. The van der Waals surface area contributed by atoms with E-state index in [9.17, 15) is 18.0 Å². The first-order chi connectivity index (χ1) is 18.2. The highest BCUT2D eigenvalue weighted by Gasteiger charge is 2.32. The average molecular weight is 519 g/mol. The van der Waals surface area contributed by atoms with Gasteiger partial charge in [-0.3, -0.25) is 9.67 Å². The smallest absolute Gasteiger partial charge is 0.433 e. The number of amides is 2. The first-order valence-corrected chi connectivity index (χ1v) is 11.3. The SMILES string of the molecule is Cn1ccc(-c2ccc3c(Oc4ccc(NC(=O)NCc5ccc(C(F)(F)F)nc5)cc4)ncnc3c2)n1. The number of urea groups is 1. The highest BCUT2D eigenvalue weighted by molar-refractivity contribution is 5.89. The van der Waals surface area contributed by atoms with E-state index in [1.54, 1.807) is 28.9 Å². The van der Waals surface area contributed by atoms with Crippen molar-refractivity contribution >= 4 is 22.6 Å². The highest BCUT2D eigenvalue weighted by atomic mass is 19.4. The van der Waals surface area contributed by atoms with Gasteiger partial charge in [0.15, 0.2) is 0 Å². The Morgan fingerprint density at radius 2 is 1.82 bits per heavy atom. The molecule has 2 amide bonds. The van der Waals surface area contributed by atoms with Crippen molar-refractivity contribution in [1.82, 2.24) is 30.0 Å². The topological polar surface area (TPSA) is 107 Å². The number of fused-ring (bicyclic) bond motifs is 1. The van der Waals surface area contributed by atoms with Gasteiger partial charge in [-0.15, -0.1) is 0 Å². The minimum absolute atomic E-state index is 0.0149. The number of hydrogen-bond acceptors (Lipinski definition) is 6. The molecular weight excluding hydrogens is 499 g/mol. The Morgan fingerprint density at radius 3 is 2.50 bits per heavy atom. The molecule has 0 aliphatic carbocycles. The Bertz CT molecular complexity index is 1580. The van der Waals surface area contributed by atoms with Crippen LogP contribution < -0.4 is 15.4 Å². The summed E-state index contributed by atoms with van der Waals surface area (Å²) in [7, 11) is 1.85. The van der Waals surface area contributed by atoms with Crippen molar-refractivity contribution in [3.8, 4) is 22.9 Å². The number of aryl methyl sites for hydroxylation is 1. The van der Waals surface area contributed by atoms with Crippen LogP contribution in [0.5, 0.6) is 11.6 Å². The van der Waals surface area contributed by atoms with Gasteiger partial charge in [0.1, 0.15) is 17.8 Å². The summed E-state index contributed by atoms with van der Waals surface area (Å²) in [6.45, 7) is 0.0149. The quantitative estimate of drug-likeness (QED) is 0.304. The van der Waals surface area contributed by atoms with Gasteiger partial charge in [-0.25, -0.2) is 14.8 Å². The lowest BCUT2D eigenvalue weighted by Gasteiger charge is -2.10. The van der Waals surface area contributed by atoms with E-state index in [2.05, 4.69) is 30.7 Å². The third-order valence-corrected chi connectivity index (χ3v) is 5.50. The third-order valence-electron chi connectivity index (χ3n) is 5.50. The summed E-state index contributed by atoms with van der Waals surface area (Å²) in [6, 6.07) is 15.9. The Hall–Kier alpha value is -5.00. The molecule has 0 aliphatic heterocycles. The van der Waals surface area contributed by atoms with Crippen molar-refractivity contribution in [3.05, 3.63) is 90.6 Å². The van der Waals surface area contributed by atoms with Crippen molar-refractivity contribution in [1.29, 1.82) is 0 Å². The minimum Gasteiger partial charge on any atom is -0.438 e. The zero-order valence-corrected chi connectivity index (χ0v) is 19.9. The molecule has 192 valence electrons. The van der Waals surface area contributed by atoms with Gasteiger partial charge in [-0.2, -0.15) is 18.3 Å². The summed E-state index contributed by atoms with van der Waals surface area (Å²) in [4.78, 5) is 24.2. The second-order valence-corrected chi connectivity index (χ2v) is 8.27. The van der Waals surface area contributed by atoms with Crippen LogP contribution >= 0.6 is 0 Å². The second kappa shape index (κ2) is 10.2. The maximum absolute atomic E-state index is 12.6. The van der Waals surface area contributed by atoms with Gasteiger partial charge in [0.25, 0.3) is 0 Å². The first kappa shape index (κ1) is 24.7. The number of nitrogens with one attached hydrogen (secondary N) is 2. The third kappa shape index (κ3) is 5.69. The fourth-order valence-electron chi connectivity index (χ4n) is 3.61. The van der Waals surface area contributed by atoms with Gasteiger partial charge in [-0.05, 0) is 54.1 Å². The molecule has 0 saturated carbocycles. The predicted octanol–water partition coefficient (Wildman–Crippen LogP) is 5.56. The number of carbonyl (C=O) groups excluding carboxylic acids is 1. The Kier molecular flexibility index (Phi) is 6.60. The van der Waals surface area contributed by atoms with Crippen LogP contribution in [0.15, 0.2) is 79.4 Å². The number of pyridine rings is 1. The van der Waals surface area contributed by atoms with Gasteiger partial charge in [0.2, 0.25) is 5.88 Å². The molecule has 0 bridgehead atoms. The van der Waals surface area contributed by atoms with Gasteiger partial charge < -0.3 is 15.4 Å². The highest BCUT2D eigenvalue weighted by Crippen LogP contribution is 2.30. The number of nitrogens with zero attached hydrogens (tertiary/aromatic N) is 5. The summed E-state index contributed by atoms with van der Waals surface area (Å²) in [6.07, 6.45) is -0.145. The Labute approximate surface area is 214 Å². The molecule has 0 aliphatic rings. The van der Waals surface area contributed by atoms with Gasteiger partial charge >= 0.3 is 12.2 Å². The molecule has 0 atom stereocenters. The van der Waals surface area contributed by atoms with E-state index in [1.807, 2.05) is 37.5 Å². The van der Waals surface area contributed by atoms with Crippen LogP contribution in [0.2, 0.25) is 0 Å². The van der Waals surface area contributed by atoms with E-state index in [4.69, 9.17) is 4.74 Å². The second-order valence-electron chi connectivity index (χ2n) is 8.27. The lowest BCUT2D eigenvalue weighted by atomic mass is 10.1. The van der Waals surface area contributed by atoms with Crippen LogP contribution in [-0.4, -0.2) is 30.8 Å². The van der Waals surface area contributed by atoms with Crippen LogP contribution in [-0.2, 0) is 19.8 Å². The zero-order valence-electron chi connectivity index (χ0n) is 19.9. The van der Waals surface area contributed by atoms with Crippen molar-refractivity contribution in [3.63, 3.8) is 0 Å². The minimum atomic E-state index is -4.51. The summed E-state index contributed by atoms with van der Waals surface area (Å²) >= 11 is 0. The Balaban J connectivity index is 1.20. The largest absolute Gasteiger partial charge is 0.438 e. The molecule has 12 heteroatoms. The van der Waals surface area contributed by atoms with Crippen LogP contribution in [0.4, 0.5) is 23.7 Å². The molecule has 0 spiro atoms. The molecule has 0 unspecified atom stereocenters. The van der Waals surface area contributed by atoms with E-state index in [0.29, 0.717) is 28.4 Å². The first-order valence-electron chi connectivity index (χ1n) is 11.3. The number of halogens is 3. The molecule has 2 aromatic carbocycles. The molecular formula is C26H20F3N7O2. The molecule has 5 rings (SSSR count). The lowest BCUT2D eigenvalue weighted by Crippen LogP contribution is -2.28. The summed E-state index contributed by atoms with van der Waals surface area (Å²) in [5, 5.41) is 10.4. The predicted molar refractivity (Wildman–Crippen MR) is 133 cm³/mol. The molecule has 0 radical (unpaired) electrons. The van der Waals surface area contributed by atoms with E-state index in [0.717, 1.165) is 28.9 Å². The maximum Gasteiger partial charge on any atom is 0.433 e. The number of benzene rings is 2. The summed E-state index contributed by atoms with van der Waals surface area (Å²) < 4.78 is 45.5. The molecule has 3 aromatic heterocycles. The monoisotopic (exact) mass is 519 g/mol. The van der Waals surface area contributed by atoms with Crippen LogP contribution in [0.25, 0.3) is 22.2 Å². The van der Waals surface area contributed by atoms with E-state index < -0.39 is 17.9 Å². The molecule has 3 heterocycles. The van der Waals surface area contributed by atoms with E-state index >= 15 is 0 Å². The normalized spacial score (nSPS) is 11.4. The fraction of sp³-hybridized carbons (Fsp3) is 0.115. The fourth-order valence-corrected chi connectivity index (χ4v) is 3.61. The van der Waals surface area contributed by atoms with Gasteiger partial charge in [0.05, 0.1) is 16.6 Å². The van der Waals surface area contributed by atoms with Gasteiger partial charge in [0, 0.05) is 37.2 Å². The molecule has 2 N–H and O–H groups in total. The van der Waals surface area contributed by atoms with Crippen LogP contribution in [0.1, 0.15) is 11.3 Å². The van der Waals surface area contributed by atoms with Gasteiger partial charge in [-0.1, -0.05) is 12.1 Å².